The molecule has 0 aliphatic rings. The molecule has 8 nitrogen and oxygen atoms in total. The number of thiophene rings is 1. The Bertz CT molecular complexity index is 1530. The molecule has 4 aromatic rings. The van der Waals surface area contributed by atoms with Gasteiger partial charge in [0.15, 0.2) is 17.5 Å². The van der Waals surface area contributed by atoms with E-state index in [1.807, 2.05) is 18.2 Å². The number of nitrogens with zero attached hydrogens (tertiary/aromatic N) is 2. The number of carboxylic acids is 2. The molecule has 0 spiro atoms. The first-order valence-corrected chi connectivity index (χ1v) is 13.3. The fraction of sp³-hybridized carbons (Fsp3) is 0.286. The second-order valence-electron chi connectivity index (χ2n) is 9.24. The SMILES string of the molecule is CCCNCc1ccc(-c2cc3nccc(Oc4ccc(CC(C(C(=O)O)C(=O)O)C(F)(F)F)cc4F)c3s2)nc1. The Morgan fingerprint density at radius 1 is 1.02 bits per heavy atom. The molecule has 0 fully saturated rings. The number of nitrogens with one attached hydrogen (secondary N) is 1. The van der Waals surface area contributed by atoms with E-state index in [0.717, 1.165) is 41.6 Å². The van der Waals surface area contributed by atoms with Gasteiger partial charge in [0, 0.05) is 25.0 Å². The highest BCUT2D eigenvalue weighted by Gasteiger charge is 2.51. The van der Waals surface area contributed by atoms with Crippen LogP contribution in [-0.2, 0) is 22.6 Å². The summed E-state index contributed by atoms with van der Waals surface area (Å²) in [6.07, 6.45) is -1.91. The maximum absolute atomic E-state index is 15.0. The summed E-state index contributed by atoms with van der Waals surface area (Å²) in [5, 5.41) is 21.4. The molecule has 13 heteroatoms. The van der Waals surface area contributed by atoms with Crippen LogP contribution in [0, 0.1) is 17.7 Å². The van der Waals surface area contributed by atoms with Crippen molar-refractivity contribution < 1.29 is 42.1 Å². The van der Waals surface area contributed by atoms with Crippen molar-refractivity contribution in [1.29, 1.82) is 0 Å². The summed E-state index contributed by atoms with van der Waals surface area (Å²) in [4.78, 5) is 32.1. The molecule has 0 saturated heterocycles. The second kappa shape index (κ2) is 12.6. The summed E-state index contributed by atoms with van der Waals surface area (Å²) in [7, 11) is 0. The van der Waals surface area contributed by atoms with Crippen LogP contribution in [0.25, 0.3) is 20.8 Å². The molecule has 0 aliphatic heterocycles. The molecular weight excluding hydrogens is 566 g/mol. The maximum atomic E-state index is 15.0. The lowest BCUT2D eigenvalue weighted by Crippen LogP contribution is -2.41. The highest BCUT2D eigenvalue weighted by Crippen LogP contribution is 2.40. The van der Waals surface area contributed by atoms with Gasteiger partial charge in [-0.2, -0.15) is 13.2 Å². The number of carbonyl (C=O) groups is 2. The van der Waals surface area contributed by atoms with E-state index in [9.17, 15) is 27.2 Å². The van der Waals surface area contributed by atoms with Gasteiger partial charge in [0.1, 0.15) is 5.75 Å². The number of benzene rings is 1. The van der Waals surface area contributed by atoms with Crippen LogP contribution in [0.1, 0.15) is 24.5 Å². The van der Waals surface area contributed by atoms with Gasteiger partial charge in [-0.25, -0.2) is 4.39 Å². The number of hydrogen-bond donors (Lipinski definition) is 3. The summed E-state index contributed by atoms with van der Waals surface area (Å²) in [6, 6.07) is 10.2. The van der Waals surface area contributed by atoms with Gasteiger partial charge in [0.2, 0.25) is 0 Å². The summed E-state index contributed by atoms with van der Waals surface area (Å²) in [6.45, 7) is 3.69. The average Bonchev–Trinajstić information content (AvgIpc) is 3.35. The zero-order chi connectivity index (χ0) is 29.7. The minimum atomic E-state index is -5.15. The van der Waals surface area contributed by atoms with Crippen LogP contribution in [0.15, 0.2) is 54.9 Å². The lowest BCUT2D eigenvalue weighted by atomic mass is 9.86. The molecule has 1 atom stereocenters. The van der Waals surface area contributed by atoms with Crippen molar-refractivity contribution in [1.82, 2.24) is 15.3 Å². The van der Waals surface area contributed by atoms with Crippen LogP contribution in [0.2, 0.25) is 0 Å². The lowest BCUT2D eigenvalue weighted by Gasteiger charge is -2.24. The van der Waals surface area contributed by atoms with Gasteiger partial charge in [-0.05, 0) is 54.8 Å². The first kappa shape index (κ1) is 29.9. The minimum Gasteiger partial charge on any atom is -0.481 e. The van der Waals surface area contributed by atoms with Crippen molar-refractivity contribution in [3.63, 3.8) is 0 Å². The fourth-order valence-electron chi connectivity index (χ4n) is 4.20. The molecule has 0 amide bonds. The van der Waals surface area contributed by atoms with Crippen molar-refractivity contribution in [3.05, 3.63) is 71.8 Å². The summed E-state index contributed by atoms with van der Waals surface area (Å²) in [5.74, 6) is -10.8. The van der Waals surface area contributed by atoms with Crippen LogP contribution in [-0.4, -0.2) is 44.8 Å². The Hall–Kier alpha value is -4.10. The van der Waals surface area contributed by atoms with Gasteiger partial charge in [-0.1, -0.05) is 19.1 Å². The standard InChI is InChI=1S/C28H25F4N3O5S/c1-2-8-33-13-16-3-5-19(35-14-16)23-12-20-25(41-23)22(7-9-34-20)40-21-6-4-15(11-18(21)29)10-17(28(30,31)32)24(26(36)37)27(38)39/h3-7,9,11-12,14,17,24,33H,2,8,10,13H2,1H3,(H,36,37)(H,38,39). The fourth-order valence-corrected chi connectivity index (χ4v) is 5.25. The molecule has 4 rings (SSSR count). The largest absolute Gasteiger partial charge is 0.481 e. The molecule has 3 heterocycles. The van der Waals surface area contributed by atoms with Crippen LogP contribution in [0.4, 0.5) is 17.6 Å². The van der Waals surface area contributed by atoms with Crippen LogP contribution in [0.5, 0.6) is 11.5 Å². The lowest BCUT2D eigenvalue weighted by molar-refractivity contribution is -0.202. The minimum absolute atomic E-state index is 0.234. The second-order valence-corrected chi connectivity index (χ2v) is 10.3. The molecule has 3 aromatic heterocycles. The molecule has 0 bridgehead atoms. The highest BCUT2D eigenvalue weighted by atomic mass is 32.1. The Labute approximate surface area is 235 Å². The van der Waals surface area contributed by atoms with Crippen LogP contribution < -0.4 is 10.1 Å². The third kappa shape index (κ3) is 7.16. The Kier molecular flexibility index (Phi) is 9.18. The van der Waals surface area contributed by atoms with E-state index in [-0.39, 0.29) is 17.1 Å². The van der Waals surface area contributed by atoms with E-state index >= 15 is 0 Å². The topological polar surface area (TPSA) is 122 Å². The third-order valence-corrected chi connectivity index (χ3v) is 7.40. The first-order chi connectivity index (χ1) is 19.5. The molecule has 0 saturated carbocycles. The smallest absolute Gasteiger partial charge is 0.393 e. The van der Waals surface area contributed by atoms with Crippen molar-refractivity contribution in [3.8, 4) is 22.1 Å². The average molecular weight is 592 g/mol. The number of rotatable bonds is 12. The van der Waals surface area contributed by atoms with Gasteiger partial charge < -0.3 is 20.3 Å². The molecule has 3 N–H and O–H groups in total. The Morgan fingerprint density at radius 3 is 2.37 bits per heavy atom. The number of pyridine rings is 2. The number of aliphatic carboxylic acids is 2. The van der Waals surface area contributed by atoms with Gasteiger partial charge in [-0.3, -0.25) is 19.6 Å². The zero-order valence-electron chi connectivity index (χ0n) is 21.6. The molecule has 1 unspecified atom stereocenters. The molecule has 1 aromatic carbocycles. The van der Waals surface area contributed by atoms with Gasteiger partial charge >= 0.3 is 18.1 Å². The van der Waals surface area contributed by atoms with Crippen molar-refractivity contribution >= 4 is 33.5 Å². The van der Waals surface area contributed by atoms with E-state index < -0.39 is 42.2 Å². The molecule has 0 radical (unpaired) electrons. The number of aromatic nitrogens is 2. The zero-order valence-corrected chi connectivity index (χ0v) is 22.4. The normalized spacial score (nSPS) is 12.5. The van der Waals surface area contributed by atoms with Gasteiger partial charge in [0.05, 0.1) is 26.7 Å². The van der Waals surface area contributed by atoms with Gasteiger partial charge in [-0.15, -0.1) is 11.3 Å². The molecule has 0 aliphatic carbocycles. The van der Waals surface area contributed by atoms with E-state index in [4.69, 9.17) is 14.9 Å². The number of fused-ring (bicyclic) bond motifs is 1. The maximum Gasteiger partial charge on any atom is 0.393 e. The summed E-state index contributed by atoms with van der Waals surface area (Å²) in [5.41, 5.74) is 2.10. The van der Waals surface area contributed by atoms with E-state index in [1.165, 1.54) is 23.6 Å². The highest BCUT2D eigenvalue weighted by molar-refractivity contribution is 7.22. The summed E-state index contributed by atoms with van der Waals surface area (Å²) < 4.78 is 61.9. The Balaban J connectivity index is 1.55. The van der Waals surface area contributed by atoms with Crippen molar-refractivity contribution in [2.45, 2.75) is 32.5 Å². The number of carboxylic acid groups (broad SMARTS) is 2. The van der Waals surface area contributed by atoms with Crippen molar-refractivity contribution in [2.24, 2.45) is 11.8 Å². The van der Waals surface area contributed by atoms with Crippen molar-refractivity contribution in [2.75, 3.05) is 6.54 Å². The first-order valence-electron chi connectivity index (χ1n) is 12.5. The number of hydrogen-bond acceptors (Lipinski definition) is 7. The molecular formula is C28H25F4N3O5S. The third-order valence-electron chi connectivity index (χ3n) is 6.24. The Morgan fingerprint density at radius 2 is 1.76 bits per heavy atom. The number of halogens is 4. The summed E-state index contributed by atoms with van der Waals surface area (Å²) >= 11 is 1.33. The number of ether oxygens (including phenoxy) is 1. The predicted molar refractivity (Wildman–Crippen MR) is 143 cm³/mol. The number of alkyl halides is 3. The quantitative estimate of drug-likeness (QED) is 0.0998. The van der Waals surface area contributed by atoms with Crippen LogP contribution >= 0.6 is 11.3 Å². The molecule has 216 valence electrons. The molecule has 41 heavy (non-hydrogen) atoms. The van der Waals surface area contributed by atoms with E-state index in [2.05, 4.69) is 22.2 Å². The van der Waals surface area contributed by atoms with Gasteiger partial charge in [0.25, 0.3) is 0 Å². The predicted octanol–water partition coefficient (Wildman–Crippen LogP) is 6.30. The van der Waals surface area contributed by atoms with Crippen LogP contribution in [0.3, 0.4) is 0 Å². The van der Waals surface area contributed by atoms with E-state index in [0.29, 0.717) is 22.5 Å². The van der Waals surface area contributed by atoms with E-state index in [1.54, 1.807) is 6.20 Å². The monoisotopic (exact) mass is 591 g/mol.